The smallest absolute Gasteiger partial charge is 0.211 e. The molecule has 2 aromatic heterocycles. The lowest BCUT2D eigenvalue weighted by Gasteiger charge is -2.40. The highest BCUT2D eigenvalue weighted by molar-refractivity contribution is 7.97. The van der Waals surface area contributed by atoms with Gasteiger partial charge in [0.2, 0.25) is 15.6 Å². The number of allylic oxidation sites excluding steroid dienone is 1. The largest absolute Gasteiger partial charge is 0.301 e. The van der Waals surface area contributed by atoms with Crippen LogP contribution in [0.2, 0.25) is 0 Å². The molecule has 0 atom stereocenters. The van der Waals surface area contributed by atoms with Crippen LogP contribution in [0.15, 0.2) is 113 Å². The molecule has 0 fully saturated rings. The van der Waals surface area contributed by atoms with E-state index in [1.165, 1.54) is 35.6 Å². The second-order valence-corrected chi connectivity index (χ2v) is 15.0. The van der Waals surface area contributed by atoms with Crippen molar-refractivity contribution >= 4 is 60.2 Å². The molecule has 4 heterocycles. The van der Waals surface area contributed by atoms with Crippen molar-refractivity contribution in [2.45, 2.75) is 24.2 Å². The van der Waals surface area contributed by atoms with Crippen LogP contribution in [0.5, 0.6) is 0 Å². The minimum atomic E-state index is -3.99. The molecule has 2 aliphatic rings. The number of nitrogens with zero attached hydrogens (tertiary/aromatic N) is 3. The number of Topliss-reactive ketones (excluding diaryl/α,β-unsaturated/α-hetero) is 1. The van der Waals surface area contributed by atoms with Gasteiger partial charge in [-0.25, -0.2) is 12.8 Å². The number of nitriles is 1. The van der Waals surface area contributed by atoms with Gasteiger partial charge in [0.25, 0.3) is 0 Å². The number of fused-ring (bicyclic) bond motifs is 4. The first-order chi connectivity index (χ1) is 22.6. The highest BCUT2D eigenvalue weighted by Crippen LogP contribution is 2.57. The average molecular weight is 654 g/mol. The molecule has 4 aromatic carbocycles. The molecule has 8 rings (SSSR count). The van der Waals surface area contributed by atoms with E-state index >= 15 is 4.39 Å². The van der Waals surface area contributed by atoms with Crippen molar-refractivity contribution in [1.82, 2.24) is 4.98 Å². The standard InChI is InChI=1S/C38H24FN3O3S2/c1-38(2)29-17-22(25-15-16-41-21-23(25)20-40)11-13-33(29)42(32-14-12-31(39)26-7-3-4-8-27(26)32)37-30(38)18-24(46-37)19-35-36(43)28-9-5-6-10-34(28)47(35,44)45/h3-19,21H,1-2H3/b35-19+. The summed E-state index contributed by atoms with van der Waals surface area (Å²) >= 11 is 1.38. The molecule has 9 heteroatoms. The molecule has 47 heavy (non-hydrogen) atoms. The number of aromatic nitrogens is 1. The lowest BCUT2D eigenvalue weighted by atomic mass is 9.74. The Bertz CT molecular complexity index is 2530. The van der Waals surface area contributed by atoms with E-state index in [0.717, 1.165) is 38.6 Å². The average Bonchev–Trinajstić information content (AvgIpc) is 3.60. The summed E-state index contributed by atoms with van der Waals surface area (Å²) in [5.41, 5.74) is 5.16. The van der Waals surface area contributed by atoms with Crippen LogP contribution < -0.4 is 4.90 Å². The van der Waals surface area contributed by atoms with E-state index in [1.807, 2.05) is 36.4 Å². The van der Waals surface area contributed by atoms with Crippen molar-refractivity contribution in [3.63, 3.8) is 0 Å². The second kappa shape index (κ2) is 10.3. The maximum absolute atomic E-state index is 15.1. The first-order valence-electron chi connectivity index (χ1n) is 14.8. The molecular formula is C38H24FN3O3S2. The topological polar surface area (TPSA) is 91.1 Å². The predicted octanol–water partition coefficient (Wildman–Crippen LogP) is 9.09. The number of halogens is 1. The van der Waals surface area contributed by atoms with Gasteiger partial charge in [-0.05, 0) is 71.3 Å². The van der Waals surface area contributed by atoms with Crippen LogP contribution in [0.4, 0.5) is 20.8 Å². The van der Waals surface area contributed by atoms with Gasteiger partial charge in [-0.3, -0.25) is 9.78 Å². The monoisotopic (exact) mass is 653 g/mol. The Balaban J connectivity index is 1.38. The zero-order valence-electron chi connectivity index (χ0n) is 25.2. The second-order valence-electron chi connectivity index (χ2n) is 12.0. The third kappa shape index (κ3) is 4.22. The Labute approximate surface area is 274 Å². The molecule has 0 N–H and O–H groups in total. The summed E-state index contributed by atoms with van der Waals surface area (Å²) in [6, 6.07) is 28.8. The maximum Gasteiger partial charge on any atom is 0.211 e. The lowest BCUT2D eigenvalue weighted by molar-refractivity contribution is 0.104. The fraction of sp³-hybridized carbons (Fsp3) is 0.0789. The van der Waals surface area contributed by atoms with Gasteiger partial charge >= 0.3 is 0 Å². The van der Waals surface area contributed by atoms with E-state index < -0.39 is 21.0 Å². The molecule has 6 nitrogen and oxygen atoms in total. The number of ketones is 1. The summed E-state index contributed by atoms with van der Waals surface area (Å²) < 4.78 is 42.0. The predicted molar refractivity (Wildman–Crippen MR) is 182 cm³/mol. The summed E-state index contributed by atoms with van der Waals surface area (Å²) in [7, 11) is -3.99. The SMILES string of the molecule is CC1(C)c2cc(-c3ccncc3C#N)ccc2N(c2ccc(F)c3ccccc23)c2sc(/C=C3\C(=O)c4ccccc4S3(=O)=O)cc21. The number of pyridine rings is 1. The molecule has 0 saturated carbocycles. The van der Waals surface area contributed by atoms with Gasteiger partial charge in [0, 0.05) is 44.6 Å². The van der Waals surface area contributed by atoms with Crippen LogP contribution in [0.25, 0.3) is 28.0 Å². The number of thiophene rings is 1. The summed E-state index contributed by atoms with van der Waals surface area (Å²) in [6.07, 6.45) is 4.68. The van der Waals surface area contributed by atoms with E-state index in [1.54, 1.807) is 42.7 Å². The normalized spacial score (nSPS) is 16.5. The lowest BCUT2D eigenvalue weighted by Crippen LogP contribution is -2.29. The van der Waals surface area contributed by atoms with Crippen molar-refractivity contribution in [2.24, 2.45) is 0 Å². The number of carbonyl (C=O) groups excluding carboxylic acids is 1. The number of hydrogen-bond donors (Lipinski definition) is 0. The third-order valence-corrected chi connectivity index (χ3v) is 12.0. The summed E-state index contributed by atoms with van der Waals surface area (Å²) in [5.74, 6) is -0.855. The third-order valence-electron chi connectivity index (χ3n) is 9.07. The van der Waals surface area contributed by atoms with Gasteiger partial charge in [-0.2, -0.15) is 5.26 Å². The van der Waals surface area contributed by atoms with Gasteiger partial charge < -0.3 is 4.90 Å². The van der Waals surface area contributed by atoms with Crippen LogP contribution in [0.3, 0.4) is 0 Å². The van der Waals surface area contributed by atoms with Crippen LogP contribution in [0, 0.1) is 17.1 Å². The van der Waals surface area contributed by atoms with Gasteiger partial charge in [0.1, 0.15) is 21.8 Å². The quantitative estimate of drug-likeness (QED) is 0.177. The Morgan fingerprint density at radius 3 is 2.43 bits per heavy atom. The highest BCUT2D eigenvalue weighted by Gasteiger charge is 2.42. The van der Waals surface area contributed by atoms with Crippen molar-refractivity contribution in [2.75, 3.05) is 4.90 Å². The van der Waals surface area contributed by atoms with Gasteiger partial charge in [-0.15, -0.1) is 11.3 Å². The molecule has 0 bridgehead atoms. The van der Waals surface area contributed by atoms with E-state index in [2.05, 4.69) is 35.9 Å². The maximum atomic E-state index is 15.1. The van der Waals surface area contributed by atoms with Gasteiger partial charge in [-0.1, -0.05) is 56.3 Å². The molecular weight excluding hydrogens is 630 g/mol. The Morgan fingerprint density at radius 1 is 0.894 bits per heavy atom. The highest BCUT2D eigenvalue weighted by atomic mass is 32.2. The minimum Gasteiger partial charge on any atom is -0.301 e. The number of benzene rings is 4. The zero-order valence-corrected chi connectivity index (χ0v) is 26.8. The number of rotatable bonds is 3. The van der Waals surface area contributed by atoms with Crippen LogP contribution in [-0.2, 0) is 15.3 Å². The molecule has 228 valence electrons. The van der Waals surface area contributed by atoms with Crippen molar-refractivity contribution in [1.29, 1.82) is 5.26 Å². The van der Waals surface area contributed by atoms with Gasteiger partial charge in [0.15, 0.2) is 0 Å². The number of hydrogen-bond acceptors (Lipinski definition) is 7. The Morgan fingerprint density at radius 2 is 1.64 bits per heavy atom. The van der Waals surface area contributed by atoms with E-state index in [0.29, 0.717) is 21.2 Å². The summed E-state index contributed by atoms with van der Waals surface area (Å²) in [6.45, 7) is 4.20. The van der Waals surface area contributed by atoms with Crippen LogP contribution in [-0.4, -0.2) is 19.2 Å². The fourth-order valence-electron chi connectivity index (χ4n) is 6.69. The number of anilines is 3. The Hall–Kier alpha value is -5.43. The van der Waals surface area contributed by atoms with Crippen molar-refractivity contribution < 1.29 is 17.6 Å². The molecule has 0 saturated heterocycles. The first kappa shape index (κ1) is 29.0. The van der Waals surface area contributed by atoms with E-state index in [9.17, 15) is 18.5 Å². The summed E-state index contributed by atoms with van der Waals surface area (Å²) in [5, 5.41) is 11.8. The fourth-order valence-corrected chi connectivity index (χ4v) is 9.63. The Kier molecular flexibility index (Phi) is 6.35. The number of carbonyl (C=O) groups is 1. The molecule has 0 aliphatic carbocycles. The molecule has 6 aromatic rings. The van der Waals surface area contributed by atoms with E-state index in [4.69, 9.17) is 0 Å². The van der Waals surface area contributed by atoms with Crippen LogP contribution >= 0.6 is 11.3 Å². The number of sulfone groups is 1. The molecule has 0 unspecified atom stereocenters. The molecule has 0 spiro atoms. The molecule has 0 amide bonds. The molecule has 2 aliphatic heterocycles. The van der Waals surface area contributed by atoms with Crippen molar-refractivity contribution in [3.8, 4) is 17.2 Å². The van der Waals surface area contributed by atoms with Crippen molar-refractivity contribution in [3.05, 3.63) is 141 Å². The summed E-state index contributed by atoms with van der Waals surface area (Å²) in [4.78, 5) is 19.9. The minimum absolute atomic E-state index is 0.0186. The van der Waals surface area contributed by atoms with Crippen LogP contribution in [0.1, 0.15) is 45.8 Å². The van der Waals surface area contributed by atoms with Gasteiger partial charge in [0.05, 0.1) is 21.8 Å². The first-order valence-corrected chi connectivity index (χ1v) is 17.1. The zero-order chi connectivity index (χ0) is 32.7. The molecule has 0 radical (unpaired) electrons. The van der Waals surface area contributed by atoms with E-state index in [-0.39, 0.29) is 21.2 Å².